The molecule has 1 aromatic carbocycles. The minimum atomic E-state index is -0.148. The minimum absolute atomic E-state index is 0.0123. The lowest BCUT2D eigenvalue weighted by Gasteiger charge is -2.34. The molecule has 9 nitrogen and oxygen atoms in total. The van der Waals surface area contributed by atoms with Gasteiger partial charge in [0.25, 0.3) is 0 Å². The Morgan fingerprint density at radius 1 is 1.17 bits per heavy atom. The quantitative estimate of drug-likeness (QED) is 0.710. The van der Waals surface area contributed by atoms with Gasteiger partial charge < -0.3 is 15.0 Å². The van der Waals surface area contributed by atoms with Gasteiger partial charge in [0.05, 0.1) is 31.2 Å². The van der Waals surface area contributed by atoms with Crippen molar-refractivity contribution in [3.63, 3.8) is 0 Å². The van der Waals surface area contributed by atoms with Crippen molar-refractivity contribution in [1.29, 1.82) is 0 Å². The van der Waals surface area contributed by atoms with Crippen LogP contribution in [0.15, 0.2) is 24.3 Å². The van der Waals surface area contributed by atoms with Crippen molar-refractivity contribution < 1.29 is 14.3 Å². The third-order valence-electron chi connectivity index (χ3n) is 5.70. The van der Waals surface area contributed by atoms with Gasteiger partial charge in [-0.15, -0.1) is 5.10 Å². The number of nitrogens with one attached hydrogen (secondary N) is 1. The second-order valence-corrected chi connectivity index (χ2v) is 7.62. The Labute approximate surface area is 170 Å². The van der Waals surface area contributed by atoms with E-state index >= 15 is 0 Å². The molecule has 9 heteroatoms. The Balaban J connectivity index is 1.24. The Morgan fingerprint density at radius 2 is 2.00 bits per heavy atom. The van der Waals surface area contributed by atoms with Crippen LogP contribution in [0.4, 0.5) is 0 Å². The largest absolute Gasteiger partial charge is 0.379 e. The minimum Gasteiger partial charge on any atom is -0.379 e. The SMILES string of the molecule is O=C(NCCn1nnc2ccccc21)C1CCC(=O)N(CCN2CCOCC2)C1. The highest BCUT2D eigenvalue weighted by atomic mass is 16.5. The number of hydrogen-bond donors (Lipinski definition) is 1. The summed E-state index contributed by atoms with van der Waals surface area (Å²) in [7, 11) is 0. The number of hydrogen-bond acceptors (Lipinski definition) is 6. The zero-order chi connectivity index (χ0) is 20.1. The molecule has 1 N–H and O–H groups in total. The Hall–Kier alpha value is -2.52. The van der Waals surface area contributed by atoms with E-state index in [0.29, 0.717) is 39.0 Å². The van der Waals surface area contributed by atoms with E-state index in [4.69, 9.17) is 4.74 Å². The van der Waals surface area contributed by atoms with Crippen molar-refractivity contribution in [3.8, 4) is 0 Å². The van der Waals surface area contributed by atoms with Gasteiger partial charge in [-0.3, -0.25) is 14.5 Å². The first kappa shape index (κ1) is 19.8. The smallest absolute Gasteiger partial charge is 0.224 e. The van der Waals surface area contributed by atoms with Crippen LogP contribution in [0.3, 0.4) is 0 Å². The molecule has 4 rings (SSSR count). The normalized spacial score (nSPS) is 20.9. The number of rotatable bonds is 7. The second kappa shape index (κ2) is 9.32. The fourth-order valence-electron chi connectivity index (χ4n) is 3.94. The van der Waals surface area contributed by atoms with Crippen LogP contribution >= 0.6 is 0 Å². The summed E-state index contributed by atoms with van der Waals surface area (Å²) in [4.78, 5) is 29.0. The molecule has 2 amide bonds. The molecule has 29 heavy (non-hydrogen) atoms. The van der Waals surface area contributed by atoms with Crippen molar-refractivity contribution in [2.24, 2.45) is 5.92 Å². The molecule has 0 bridgehead atoms. The molecule has 1 aromatic heterocycles. The molecule has 2 fully saturated rings. The van der Waals surface area contributed by atoms with Gasteiger partial charge in [0.1, 0.15) is 5.52 Å². The maximum Gasteiger partial charge on any atom is 0.224 e. The lowest BCUT2D eigenvalue weighted by Crippen LogP contribution is -2.49. The van der Waals surface area contributed by atoms with Gasteiger partial charge in [-0.05, 0) is 18.6 Å². The number of nitrogens with zero attached hydrogens (tertiary/aromatic N) is 5. The van der Waals surface area contributed by atoms with E-state index in [0.717, 1.165) is 43.9 Å². The summed E-state index contributed by atoms with van der Waals surface area (Å²) in [6, 6.07) is 7.77. The maximum absolute atomic E-state index is 12.6. The van der Waals surface area contributed by atoms with E-state index in [1.807, 2.05) is 29.2 Å². The molecule has 2 aromatic rings. The molecule has 0 saturated carbocycles. The average molecular weight is 400 g/mol. The van der Waals surface area contributed by atoms with Gasteiger partial charge in [0.15, 0.2) is 0 Å². The summed E-state index contributed by atoms with van der Waals surface area (Å²) >= 11 is 0. The van der Waals surface area contributed by atoms with Crippen LogP contribution in [0.25, 0.3) is 11.0 Å². The van der Waals surface area contributed by atoms with Crippen LogP contribution in [0.1, 0.15) is 12.8 Å². The van der Waals surface area contributed by atoms with E-state index in [2.05, 4.69) is 20.5 Å². The first-order valence-electron chi connectivity index (χ1n) is 10.3. The number of likely N-dealkylation sites (tertiary alicyclic amines) is 1. The van der Waals surface area contributed by atoms with Crippen molar-refractivity contribution >= 4 is 22.8 Å². The van der Waals surface area contributed by atoms with Crippen LogP contribution < -0.4 is 5.32 Å². The molecular weight excluding hydrogens is 372 g/mol. The molecule has 2 aliphatic heterocycles. The number of aromatic nitrogens is 3. The summed E-state index contributed by atoms with van der Waals surface area (Å²) in [6.45, 7) is 6.38. The van der Waals surface area contributed by atoms with Gasteiger partial charge in [-0.25, -0.2) is 4.68 Å². The zero-order valence-corrected chi connectivity index (χ0v) is 16.6. The number of benzene rings is 1. The van der Waals surface area contributed by atoms with Crippen molar-refractivity contribution in [1.82, 2.24) is 30.1 Å². The third kappa shape index (κ3) is 4.91. The van der Waals surface area contributed by atoms with Crippen molar-refractivity contribution in [2.75, 3.05) is 52.5 Å². The topological polar surface area (TPSA) is 92.6 Å². The number of fused-ring (bicyclic) bond motifs is 1. The van der Waals surface area contributed by atoms with Gasteiger partial charge in [0.2, 0.25) is 11.8 Å². The number of amides is 2. The fourth-order valence-corrected chi connectivity index (χ4v) is 3.94. The zero-order valence-electron chi connectivity index (χ0n) is 16.6. The highest BCUT2D eigenvalue weighted by Gasteiger charge is 2.30. The number of para-hydroxylation sites is 1. The van der Waals surface area contributed by atoms with E-state index in [1.54, 1.807) is 4.68 Å². The highest BCUT2D eigenvalue weighted by Crippen LogP contribution is 2.18. The molecule has 0 spiro atoms. The van der Waals surface area contributed by atoms with Gasteiger partial charge in [-0.1, -0.05) is 17.3 Å². The van der Waals surface area contributed by atoms with Gasteiger partial charge in [0, 0.05) is 45.7 Å². The number of morpholine rings is 1. The molecule has 3 heterocycles. The lowest BCUT2D eigenvalue weighted by atomic mass is 9.96. The molecule has 0 radical (unpaired) electrons. The summed E-state index contributed by atoms with van der Waals surface area (Å²) in [5.41, 5.74) is 1.81. The van der Waals surface area contributed by atoms with Crippen LogP contribution in [-0.4, -0.2) is 89.1 Å². The van der Waals surface area contributed by atoms with Gasteiger partial charge in [-0.2, -0.15) is 0 Å². The Kier molecular flexibility index (Phi) is 6.36. The van der Waals surface area contributed by atoms with Crippen LogP contribution in [0.2, 0.25) is 0 Å². The summed E-state index contributed by atoms with van der Waals surface area (Å²) in [5, 5.41) is 11.3. The molecule has 0 aliphatic carbocycles. The highest BCUT2D eigenvalue weighted by molar-refractivity contribution is 5.83. The first-order chi connectivity index (χ1) is 14.2. The van der Waals surface area contributed by atoms with E-state index < -0.39 is 0 Å². The molecular formula is C20H28N6O3. The Morgan fingerprint density at radius 3 is 2.86 bits per heavy atom. The van der Waals surface area contributed by atoms with Gasteiger partial charge >= 0.3 is 0 Å². The molecule has 2 aliphatic rings. The standard InChI is InChI=1S/C20H28N6O3/c27-19-6-5-16(15-25(19)10-9-24-11-13-29-14-12-24)20(28)21-7-8-26-18-4-2-1-3-17(18)22-23-26/h1-4,16H,5-15H2,(H,21,28). The van der Waals surface area contributed by atoms with Crippen molar-refractivity contribution in [2.45, 2.75) is 19.4 Å². The molecule has 156 valence electrons. The van der Waals surface area contributed by atoms with E-state index in [9.17, 15) is 9.59 Å². The first-order valence-corrected chi connectivity index (χ1v) is 10.3. The summed E-state index contributed by atoms with van der Waals surface area (Å²) in [5.74, 6) is 0.0135. The Bertz CT molecular complexity index is 848. The fraction of sp³-hybridized carbons (Fsp3) is 0.600. The van der Waals surface area contributed by atoms with Crippen LogP contribution in [-0.2, 0) is 20.9 Å². The maximum atomic E-state index is 12.6. The molecule has 2 saturated heterocycles. The summed E-state index contributed by atoms with van der Waals surface area (Å²) in [6.07, 6.45) is 1.06. The number of ether oxygens (including phenoxy) is 1. The second-order valence-electron chi connectivity index (χ2n) is 7.62. The summed E-state index contributed by atoms with van der Waals surface area (Å²) < 4.78 is 7.16. The van der Waals surface area contributed by atoms with Crippen LogP contribution in [0.5, 0.6) is 0 Å². The van der Waals surface area contributed by atoms with Crippen LogP contribution in [0, 0.1) is 5.92 Å². The number of carbonyl (C=O) groups is 2. The van der Waals surface area contributed by atoms with Crippen molar-refractivity contribution in [3.05, 3.63) is 24.3 Å². The number of carbonyl (C=O) groups excluding carboxylic acids is 2. The lowest BCUT2D eigenvalue weighted by molar-refractivity contribution is -0.138. The predicted octanol–water partition coefficient (Wildman–Crippen LogP) is 0.118. The van der Waals surface area contributed by atoms with E-state index in [-0.39, 0.29) is 17.7 Å². The average Bonchev–Trinajstić information content (AvgIpc) is 3.17. The predicted molar refractivity (Wildman–Crippen MR) is 107 cm³/mol. The molecule has 1 unspecified atom stereocenters. The molecule has 1 atom stereocenters. The monoisotopic (exact) mass is 400 g/mol. The number of piperidine rings is 1. The van der Waals surface area contributed by atoms with E-state index in [1.165, 1.54) is 0 Å². The third-order valence-corrected chi connectivity index (χ3v) is 5.70.